The first kappa shape index (κ1) is 10.7. The summed E-state index contributed by atoms with van der Waals surface area (Å²) in [5.74, 6) is 0. The van der Waals surface area contributed by atoms with Crippen LogP contribution in [0.15, 0.2) is 18.2 Å². The van der Waals surface area contributed by atoms with Crippen molar-refractivity contribution in [1.82, 2.24) is 5.32 Å². The van der Waals surface area contributed by atoms with Gasteiger partial charge in [0.05, 0.1) is 0 Å². The number of hydrogen-bond acceptors (Lipinski definition) is 2. The molecule has 2 aromatic rings. The summed E-state index contributed by atoms with van der Waals surface area (Å²) in [5.41, 5.74) is 2.92. The minimum atomic E-state index is 0.988. The Labute approximate surface area is 95.1 Å². The van der Waals surface area contributed by atoms with Gasteiger partial charge in [0.1, 0.15) is 0 Å². The molecular formula is C13H17NS. The van der Waals surface area contributed by atoms with E-state index in [1.54, 1.807) is 0 Å². The molecule has 0 aliphatic heterocycles. The number of benzene rings is 1. The average Bonchev–Trinajstić information content (AvgIpc) is 2.58. The van der Waals surface area contributed by atoms with E-state index in [1.807, 2.05) is 18.4 Å². The minimum absolute atomic E-state index is 0.988. The van der Waals surface area contributed by atoms with Crippen molar-refractivity contribution >= 4 is 21.4 Å². The van der Waals surface area contributed by atoms with Gasteiger partial charge in [-0.1, -0.05) is 25.1 Å². The SMILES string of the molecule is CCc1c(CNC)sc2c(C)cccc12. The lowest BCUT2D eigenvalue weighted by atomic mass is 10.1. The Balaban J connectivity index is 2.67. The van der Waals surface area contributed by atoms with Gasteiger partial charge in [-0.15, -0.1) is 11.3 Å². The quantitative estimate of drug-likeness (QED) is 0.833. The summed E-state index contributed by atoms with van der Waals surface area (Å²) < 4.78 is 1.46. The van der Waals surface area contributed by atoms with Crippen molar-refractivity contribution in [3.63, 3.8) is 0 Å². The van der Waals surface area contributed by atoms with Crippen LogP contribution < -0.4 is 5.32 Å². The molecule has 1 aromatic heterocycles. The van der Waals surface area contributed by atoms with Crippen molar-refractivity contribution in [3.8, 4) is 0 Å². The number of rotatable bonds is 3. The molecule has 1 aromatic carbocycles. The van der Waals surface area contributed by atoms with Crippen molar-refractivity contribution in [2.75, 3.05) is 7.05 Å². The first-order chi connectivity index (χ1) is 7.27. The van der Waals surface area contributed by atoms with Crippen molar-refractivity contribution in [2.24, 2.45) is 0 Å². The number of thiophene rings is 1. The van der Waals surface area contributed by atoms with Crippen LogP contribution in [0.5, 0.6) is 0 Å². The molecule has 0 bridgehead atoms. The van der Waals surface area contributed by atoms with Crippen LogP contribution in [-0.2, 0) is 13.0 Å². The Morgan fingerprint density at radius 1 is 1.33 bits per heavy atom. The third kappa shape index (κ3) is 1.80. The summed E-state index contributed by atoms with van der Waals surface area (Å²) in [6.07, 6.45) is 1.13. The molecule has 0 fully saturated rings. The predicted molar refractivity (Wildman–Crippen MR) is 68.7 cm³/mol. The van der Waals surface area contributed by atoms with Gasteiger partial charge < -0.3 is 5.32 Å². The summed E-state index contributed by atoms with van der Waals surface area (Å²) in [5, 5.41) is 4.70. The first-order valence-electron chi connectivity index (χ1n) is 5.42. The topological polar surface area (TPSA) is 12.0 Å². The zero-order chi connectivity index (χ0) is 10.8. The van der Waals surface area contributed by atoms with Crippen LogP contribution in [0, 0.1) is 6.92 Å². The van der Waals surface area contributed by atoms with Crippen LogP contribution in [-0.4, -0.2) is 7.05 Å². The molecule has 0 radical (unpaired) electrons. The van der Waals surface area contributed by atoms with Crippen molar-refractivity contribution < 1.29 is 0 Å². The maximum atomic E-state index is 3.25. The standard InChI is InChI=1S/C13H17NS/c1-4-10-11-7-5-6-9(2)13(11)15-12(10)8-14-3/h5-7,14H,4,8H2,1-3H3. The molecule has 0 unspecified atom stereocenters. The Hall–Kier alpha value is -0.860. The van der Waals surface area contributed by atoms with E-state index >= 15 is 0 Å². The van der Waals surface area contributed by atoms with Gasteiger partial charge in [0, 0.05) is 16.1 Å². The third-order valence-corrected chi connectivity index (χ3v) is 4.17. The number of hydrogen-bond donors (Lipinski definition) is 1. The molecule has 2 rings (SSSR count). The molecule has 0 spiro atoms. The van der Waals surface area contributed by atoms with E-state index in [9.17, 15) is 0 Å². The molecule has 0 aliphatic rings. The van der Waals surface area contributed by atoms with E-state index in [0.717, 1.165) is 13.0 Å². The van der Waals surface area contributed by atoms with Crippen LogP contribution in [0.3, 0.4) is 0 Å². The smallest absolute Gasteiger partial charge is 0.0378 e. The van der Waals surface area contributed by atoms with Gasteiger partial charge in [-0.2, -0.15) is 0 Å². The summed E-state index contributed by atoms with van der Waals surface area (Å²) in [6, 6.07) is 6.60. The van der Waals surface area contributed by atoms with E-state index in [2.05, 4.69) is 37.4 Å². The number of aryl methyl sites for hydroxylation is 2. The molecule has 1 nitrogen and oxygen atoms in total. The van der Waals surface area contributed by atoms with E-state index in [0.29, 0.717) is 0 Å². The maximum absolute atomic E-state index is 3.25. The minimum Gasteiger partial charge on any atom is -0.315 e. The van der Waals surface area contributed by atoms with Gasteiger partial charge in [-0.05, 0) is 36.9 Å². The summed E-state index contributed by atoms with van der Waals surface area (Å²) in [6.45, 7) is 5.42. The monoisotopic (exact) mass is 219 g/mol. The van der Waals surface area contributed by atoms with E-state index < -0.39 is 0 Å². The van der Waals surface area contributed by atoms with Crippen LogP contribution in [0.2, 0.25) is 0 Å². The molecule has 1 heterocycles. The predicted octanol–water partition coefficient (Wildman–Crippen LogP) is 3.49. The number of nitrogens with one attached hydrogen (secondary N) is 1. The van der Waals surface area contributed by atoms with Crippen LogP contribution in [0.25, 0.3) is 10.1 Å². The summed E-state index contributed by atoms with van der Waals surface area (Å²) >= 11 is 1.94. The van der Waals surface area contributed by atoms with Gasteiger partial charge in [-0.3, -0.25) is 0 Å². The fraction of sp³-hybridized carbons (Fsp3) is 0.385. The highest BCUT2D eigenvalue weighted by Gasteiger charge is 2.10. The second-order valence-electron chi connectivity index (χ2n) is 3.84. The summed E-state index contributed by atoms with van der Waals surface area (Å²) in [7, 11) is 2.01. The molecule has 2 heteroatoms. The molecule has 0 amide bonds. The molecule has 0 saturated carbocycles. The molecule has 80 valence electrons. The third-order valence-electron chi connectivity index (χ3n) is 2.79. The molecular weight excluding hydrogens is 202 g/mol. The fourth-order valence-electron chi connectivity index (χ4n) is 2.05. The van der Waals surface area contributed by atoms with Crippen LogP contribution in [0.1, 0.15) is 22.9 Å². The second-order valence-corrected chi connectivity index (χ2v) is 4.94. The van der Waals surface area contributed by atoms with Gasteiger partial charge in [0.15, 0.2) is 0 Å². The highest BCUT2D eigenvalue weighted by Crippen LogP contribution is 2.33. The zero-order valence-corrected chi connectivity index (χ0v) is 10.4. The Bertz CT molecular complexity index is 471. The largest absolute Gasteiger partial charge is 0.315 e. The van der Waals surface area contributed by atoms with Crippen LogP contribution >= 0.6 is 11.3 Å². The van der Waals surface area contributed by atoms with Gasteiger partial charge >= 0.3 is 0 Å². The first-order valence-corrected chi connectivity index (χ1v) is 6.24. The average molecular weight is 219 g/mol. The normalized spacial score (nSPS) is 11.1. The van der Waals surface area contributed by atoms with E-state index in [4.69, 9.17) is 0 Å². The molecule has 1 N–H and O–H groups in total. The van der Waals surface area contributed by atoms with Crippen molar-refractivity contribution in [2.45, 2.75) is 26.8 Å². The lowest BCUT2D eigenvalue weighted by Gasteiger charge is -2.00. The lowest BCUT2D eigenvalue weighted by Crippen LogP contribution is -2.04. The van der Waals surface area contributed by atoms with Crippen molar-refractivity contribution in [3.05, 3.63) is 34.2 Å². The Morgan fingerprint density at radius 3 is 2.80 bits per heavy atom. The fourth-order valence-corrected chi connectivity index (χ4v) is 3.42. The highest BCUT2D eigenvalue weighted by atomic mass is 32.1. The van der Waals surface area contributed by atoms with Gasteiger partial charge in [0.2, 0.25) is 0 Å². The molecule has 15 heavy (non-hydrogen) atoms. The number of fused-ring (bicyclic) bond motifs is 1. The Morgan fingerprint density at radius 2 is 2.13 bits per heavy atom. The second kappa shape index (κ2) is 4.33. The summed E-state index contributed by atoms with van der Waals surface area (Å²) in [4.78, 5) is 1.49. The van der Waals surface area contributed by atoms with Gasteiger partial charge in [-0.25, -0.2) is 0 Å². The van der Waals surface area contributed by atoms with Crippen molar-refractivity contribution in [1.29, 1.82) is 0 Å². The van der Waals surface area contributed by atoms with Crippen LogP contribution in [0.4, 0.5) is 0 Å². The highest BCUT2D eigenvalue weighted by molar-refractivity contribution is 7.19. The van der Waals surface area contributed by atoms with E-state index in [-0.39, 0.29) is 0 Å². The molecule has 0 atom stereocenters. The molecule has 0 aliphatic carbocycles. The van der Waals surface area contributed by atoms with E-state index in [1.165, 1.54) is 26.1 Å². The molecule has 0 saturated heterocycles. The zero-order valence-electron chi connectivity index (χ0n) is 9.55. The lowest BCUT2D eigenvalue weighted by molar-refractivity contribution is 0.822. The maximum Gasteiger partial charge on any atom is 0.0378 e. The Kier molecular flexibility index (Phi) is 3.08. The van der Waals surface area contributed by atoms with Gasteiger partial charge in [0.25, 0.3) is 0 Å².